The van der Waals surface area contributed by atoms with Crippen molar-refractivity contribution >= 4 is 17.9 Å². The van der Waals surface area contributed by atoms with Gasteiger partial charge in [0.1, 0.15) is 18.1 Å². The second-order valence-electron chi connectivity index (χ2n) is 7.85. The minimum atomic E-state index is -0.578. The number of rotatable bonds is 7. The highest BCUT2D eigenvalue weighted by atomic mass is 19.1. The minimum absolute atomic E-state index is 0.0380. The van der Waals surface area contributed by atoms with Crippen molar-refractivity contribution in [1.29, 1.82) is 0 Å². The Bertz CT molecular complexity index is 1100. The SMILES string of the molecule is C[NH+](Cc1c(C(=O)N/N=C\c2ccccc2F)nnn1-c1nonc1N)C1CCCCC1. The topological polar surface area (TPSA) is 142 Å². The molecule has 2 aromatic heterocycles. The number of hydrogen-bond acceptors (Lipinski definition) is 8. The Balaban J connectivity index is 1.58. The van der Waals surface area contributed by atoms with Crippen LogP contribution in [0.3, 0.4) is 0 Å². The van der Waals surface area contributed by atoms with E-state index in [1.54, 1.807) is 18.2 Å². The van der Waals surface area contributed by atoms with E-state index in [4.69, 9.17) is 10.4 Å². The first kappa shape index (κ1) is 21.6. The van der Waals surface area contributed by atoms with E-state index in [0.29, 0.717) is 18.3 Å². The number of hydrogen-bond donors (Lipinski definition) is 3. The van der Waals surface area contributed by atoms with E-state index in [1.807, 2.05) is 0 Å². The predicted molar refractivity (Wildman–Crippen MR) is 113 cm³/mol. The van der Waals surface area contributed by atoms with Crippen molar-refractivity contribution in [3.8, 4) is 5.82 Å². The summed E-state index contributed by atoms with van der Waals surface area (Å²) in [6, 6.07) is 6.58. The van der Waals surface area contributed by atoms with Crippen molar-refractivity contribution < 1.29 is 18.7 Å². The van der Waals surface area contributed by atoms with Gasteiger partial charge in [-0.3, -0.25) is 4.79 Å². The van der Waals surface area contributed by atoms with E-state index < -0.39 is 11.7 Å². The summed E-state index contributed by atoms with van der Waals surface area (Å²) < 4.78 is 19.8. The number of nitrogens with two attached hydrogens (primary N) is 1. The lowest BCUT2D eigenvalue weighted by molar-refractivity contribution is -0.921. The summed E-state index contributed by atoms with van der Waals surface area (Å²) in [6.07, 6.45) is 7.11. The van der Waals surface area contributed by atoms with Crippen molar-refractivity contribution in [2.45, 2.75) is 44.7 Å². The lowest BCUT2D eigenvalue weighted by atomic mass is 9.94. The number of nitrogen functional groups attached to an aromatic ring is 1. The fraction of sp³-hybridized carbons (Fsp3) is 0.400. The maximum atomic E-state index is 13.8. The first-order valence-electron chi connectivity index (χ1n) is 10.5. The number of nitrogens with one attached hydrogen (secondary N) is 2. The molecule has 12 heteroatoms. The maximum absolute atomic E-state index is 13.8. The molecule has 0 radical (unpaired) electrons. The van der Waals surface area contributed by atoms with E-state index in [1.165, 1.54) is 41.1 Å². The number of halogens is 1. The fourth-order valence-electron chi connectivity index (χ4n) is 3.94. The lowest BCUT2D eigenvalue weighted by Gasteiger charge is -2.28. The molecular formula is C20H25FN9O2+. The van der Waals surface area contributed by atoms with Crippen LogP contribution in [-0.4, -0.2) is 50.5 Å². The second kappa shape index (κ2) is 9.64. The summed E-state index contributed by atoms with van der Waals surface area (Å²) in [5.74, 6) is -0.817. The number of benzene rings is 1. The Labute approximate surface area is 183 Å². The molecule has 11 nitrogen and oxygen atoms in total. The summed E-state index contributed by atoms with van der Waals surface area (Å²) in [7, 11) is 2.08. The first-order chi connectivity index (χ1) is 15.5. The highest BCUT2D eigenvalue weighted by Gasteiger charge is 2.29. The van der Waals surface area contributed by atoms with Gasteiger partial charge in [-0.05, 0) is 42.1 Å². The van der Waals surface area contributed by atoms with Crippen LogP contribution in [0, 0.1) is 5.82 Å². The van der Waals surface area contributed by atoms with Crippen LogP contribution in [0.4, 0.5) is 10.2 Å². The highest BCUT2D eigenvalue weighted by molar-refractivity contribution is 5.94. The van der Waals surface area contributed by atoms with Gasteiger partial charge in [-0.25, -0.2) is 14.4 Å². The third kappa shape index (κ3) is 4.64. The molecule has 168 valence electrons. The standard InChI is InChI=1S/C20H24FN9O2/c1-29(14-8-3-2-4-9-14)12-16-17(24-28-30(16)19-18(22)26-32-27-19)20(31)25-23-11-13-7-5-6-10-15(13)21/h5-7,10-11,14H,2-4,8-9,12H2,1H3,(H2,22,26)(H,25,31)/p+1/b23-11-. The largest absolute Gasteiger partial charge is 0.378 e. The molecule has 1 unspecified atom stereocenters. The number of carbonyl (C=O) groups is 1. The van der Waals surface area contributed by atoms with Gasteiger partial charge < -0.3 is 10.6 Å². The molecule has 1 aromatic carbocycles. The average Bonchev–Trinajstić information content (AvgIpc) is 3.41. The van der Waals surface area contributed by atoms with Gasteiger partial charge in [0, 0.05) is 5.56 Å². The molecule has 0 saturated heterocycles. The normalized spacial score (nSPS) is 15.8. The smallest absolute Gasteiger partial charge is 0.294 e. The van der Waals surface area contributed by atoms with Crippen molar-refractivity contribution in [2.75, 3.05) is 12.8 Å². The predicted octanol–water partition coefficient (Wildman–Crippen LogP) is 0.483. The zero-order valence-electron chi connectivity index (χ0n) is 17.7. The Kier molecular flexibility index (Phi) is 6.50. The number of nitrogens with zero attached hydrogens (tertiary/aromatic N) is 6. The average molecular weight is 442 g/mol. The van der Waals surface area contributed by atoms with Crippen molar-refractivity contribution in [3.05, 3.63) is 47.0 Å². The number of anilines is 1. The third-order valence-corrected chi connectivity index (χ3v) is 5.70. The van der Waals surface area contributed by atoms with Gasteiger partial charge in [-0.2, -0.15) is 9.78 Å². The second-order valence-corrected chi connectivity index (χ2v) is 7.85. The van der Waals surface area contributed by atoms with Gasteiger partial charge in [0.2, 0.25) is 11.6 Å². The lowest BCUT2D eigenvalue weighted by Crippen LogP contribution is -3.11. The molecular weight excluding hydrogens is 417 g/mol. The van der Waals surface area contributed by atoms with Crippen LogP contribution in [0.1, 0.15) is 53.8 Å². The van der Waals surface area contributed by atoms with Gasteiger partial charge in [0.05, 0.1) is 19.3 Å². The van der Waals surface area contributed by atoms with Crippen molar-refractivity contribution in [1.82, 2.24) is 30.7 Å². The number of amides is 1. The van der Waals surface area contributed by atoms with E-state index in [2.05, 4.69) is 38.2 Å². The zero-order valence-corrected chi connectivity index (χ0v) is 17.7. The molecule has 1 amide bonds. The molecule has 1 fully saturated rings. The van der Waals surface area contributed by atoms with Crippen LogP contribution >= 0.6 is 0 Å². The van der Waals surface area contributed by atoms with E-state index in [0.717, 1.165) is 12.8 Å². The highest BCUT2D eigenvalue weighted by Crippen LogP contribution is 2.18. The summed E-state index contributed by atoms with van der Waals surface area (Å²) in [4.78, 5) is 14.1. The van der Waals surface area contributed by atoms with E-state index in [9.17, 15) is 9.18 Å². The van der Waals surface area contributed by atoms with Gasteiger partial charge in [-0.1, -0.05) is 29.8 Å². The maximum Gasteiger partial charge on any atom is 0.294 e. The molecule has 0 spiro atoms. The van der Waals surface area contributed by atoms with E-state index in [-0.39, 0.29) is 22.9 Å². The molecule has 32 heavy (non-hydrogen) atoms. The summed E-state index contributed by atoms with van der Waals surface area (Å²) in [6.45, 7) is 0.462. The Morgan fingerprint density at radius 1 is 1.34 bits per heavy atom. The first-order valence-corrected chi connectivity index (χ1v) is 10.5. The van der Waals surface area contributed by atoms with Crippen LogP contribution < -0.4 is 16.1 Å². The van der Waals surface area contributed by atoms with Crippen LogP contribution in [0.5, 0.6) is 0 Å². The Morgan fingerprint density at radius 2 is 2.12 bits per heavy atom. The van der Waals surface area contributed by atoms with Gasteiger partial charge in [0.25, 0.3) is 5.91 Å². The molecule has 1 aliphatic carbocycles. The molecule has 1 aliphatic rings. The van der Waals surface area contributed by atoms with Crippen molar-refractivity contribution in [3.63, 3.8) is 0 Å². The summed E-state index contributed by atoms with van der Waals surface area (Å²) in [5.41, 5.74) is 9.06. The molecule has 0 bridgehead atoms. The number of hydrazone groups is 1. The Hall–Kier alpha value is -3.67. The third-order valence-electron chi connectivity index (χ3n) is 5.70. The van der Waals surface area contributed by atoms with Gasteiger partial charge >= 0.3 is 0 Å². The molecule has 0 aliphatic heterocycles. The van der Waals surface area contributed by atoms with Gasteiger partial charge in [-0.15, -0.1) is 5.10 Å². The fourth-order valence-corrected chi connectivity index (χ4v) is 3.94. The quantitative estimate of drug-likeness (QED) is 0.357. The Morgan fingerprint density at radius 3 is 2.84 bits per heavy atom. The van der Waals surface area contributed by atoms with Crippen LogP contribution in [0.2, 0.25) is 0 Å². The molecule has 4 N–H and O–H groups in total. The van der Waals surface area contributed by atoms with Crippen LogP contribution in [0.25, 0.3) is 5.82 Å². The van der Waals surface area contributed by atoms with Crippen LogP contribution in [0.15, 0.2) is 34.0 Å². The van der Waals surface area contributed by atoms with Crippen LogP contribution in [-0.2, 0) is 6.54 Å². The molecule has 4 rings (SSSR count). The number of quaternary nitrogens is 1. The van der Waals surface area contributed by atoms with E-state index >= 15 is 0 Å². The molecule has 1 saturated carbocycles. The molecule has 2 heterocycles. The number of aromatic nitrogens is 5. The molecule has 1 atom stereocenters. The van der Waals surface area contributed by atoms with Gasteiger partial charge in [0.15, 0.2) is 5.69 Å². The molecule has 3 aromatic rings. The monoisotopic (exact) mass is 442 g/mol. The zero-order chi connectivity index (χ0) is 22.5. The van der Waals surface area contributed by atoms with Crippen molar-refractivity contribution in [2.24, 2.45) is 5.10 Å². The summed E-state index contributed by atoms with van der Waals surface area (Å²) >= 11 is 0. The number of carbonyl (C=O) groups excluding carboxylic acids is 1. The minimum Gasteiger partial charge on any atom is -0.378 e. The summed E-state index contributed by atoms with van der Waals surface area (Å²) in [5, 5.41) is 19.3.